The molecule has 0 unspecified atom stereocenters. The summed E-state index contributed by atoms with van der Waals surface area (Å²) >= 11 is 0. The number of ether oxygens (including phenoxy) is 1. The number of hydrogen-bond acceptors (Lipinski definition) is 5. The van der Waals surface area contributed by atoms with Crippen LogP contribution in [0.15, 0.2) is 79.6 Å². The van der Waals surface area contributed by atoms with Crippen LogP contribution in [-0.4, -0.2) is 37.3 Å². The maximum atomic E-state index is 13.4. The van der Waals surface area contributed by atoms with Gasteiger partial charge in [-0.3, -0.25) is 9.36 Å². The summed E-state index contributed by atoms with van der Waals surface area (Å²) in [4.78, 5) is 21.8. The van der Waals surface area contributed by atoms with Gasteiger partial charge in [0.2, 0.25) is 0 Å². The van der Waals surface area contributed by atoms with Crippen molar-refractivity contribution in [3.63, 3.8) is 0 Å². The molecule has 3 aromatic carbocycles. The maximum absolute atomic E-state index is 13.4. The van der Waals surface area contributed by atoms with E-state index in [1.54, 1.807) is 28.9 Å². The largest absolute Gasteiger partial charge is 0.493 e. The lowest BCUT2D eigenvalue weighted by atomic mass is 10.1. The van der Waals surface area contributed by atoms with E-state index < -0.39 is 0 Å². The summed E-state index contributed by atoms with van der Waals surface area (Å²) < 4.78 is 22.2. The fraction of sp³-hybridized carbons (Fsp3) is 0.111. The SMILES string of the molecule is C=C(OC)c1ncnn1Cc1ccc(NC(=O)c2ccc3nc(C)n(-c4ccc(F)cc4)c3c2)cc1. The van der Waals surface area contributed by atoms with Crippen LogP contribution in [0.1, 0.15) is 27.6 Å². The van der Waals surface area contributed by atoms with Crippen LogP contribution in [0.3, 0.4) is 0 Å². The highest BCUT2D eigenvalue weighted by molar-refractivity contribution is 6.06. The van der Waals surface area contributed by atoms with Crippen LogP contribution in [0.25, 0.3) is 22.5 Å². The zero-order valence-electron chi connectivity index (χ0n) is 19.8. The van der Waals surface area contributed by atoms with Crippen molar-refractivity contribution in [2.75, 3.05) is 12.4 Å². The molecule has 0 saturated heterocycles. The highest BCUT2D eigenvalue weighted by Gasteiger charge is 2.14. The molecule has 0 aliphatic heterocycles. The number of carbonyl (C=O) groups is 1. The van der Waals surface area contributed by atoms with E-state index in [0.717, 1.165) is 28.1 Å². The number of fused-ring (bicyclic) bond motifs is 1. The van der Waals surface area contributed by atoms with Crippen molar-refractivity contribution in [1.82, 2.24) is 24.3 Å². The summed E-state index contributed by atoms with van der Waals surface area (Å²) in [7, 11) is 1.54. The van der Waals surface area contributed by atoms with Gasteiger partial charge in [0.25, 0.3) is 5.91 Å². The summed E-state index contributed by atoms with van der Waals surface area (Å²) in [6.07, 6.45) is 1.45. The molecule has 1 N–H and O–H groups in total. The van der Waals surface area contributed by atoms with Crippen LogP contribution in [0.5, 0.6) is 0 Å². The van der Waals surface area contributed by atoms with Gasteiger partial charge in [0.05, 0.1) is 24.7 Å². The van der Waals surface area contributed by atoms with Crippen LogP contribution < -0.4 is 5.32 Å². The van der Waals surface area contributed by atoms with Gasteiger partial charge in [0.15, 0.2) is 11.6 Å². The number of aromatic nitrogens is 5. The molecule has 0 saturated carbocycles. The van der Waals surface area contributed by atoms with Gasteiger partial charge in [0, 0.05) is 16.9 Å². The quantitative estimate of drug-likeness (QED) is 0.331. The average Bonchev–Trinajstić information content (AvgIpc) is 3.48. The molecule has 36 heavy (non-hydrogen) atoms. The monoisotopic (exact) mass is 482 g/mol. The minimum absolute atomic E-state index is 0.246. The van der Waals surface area contributed by atoms with Gasteiger partial charge in [-0.15, -0.1) is 0 Å². The Kier molecular flexibility index (Phi) is 6.03. The molecule has 180 valence electrons. The lowest BCUT2D eigenvalue weighted by Crippen LogP contribution is -2.12. The summed E-state index contributed by atoms with van der Waals surface area (Å²) in [6.45, 7) is 6.18. The molecular formula is C27H23FN6O2. The van der Waals surface area contributed by atoms with Crippen molar-refractivity contribution in [3.05, 3.63) is 108 Å². The third kappa shape index (κ3) is 4.46. The minimum atomic E-state index is -0.311. The van der Waals surface area contributed by atoms with Gasteiger partial charge in [0.1, 0.15) is 18.0 Å². The van der Waals surface area contributed by atoms with Gasteiger partial charge in [-0.1, -0.05) is 18.7 Å². The van der Waals surface area contributed by atoms with E-state index in [4.69, 9.17) is 4.74 Å². The Balaban J connectivity index is 1.34. The Labute approximate surface area is 206 Å². The molecule has 0 aliphatic rings. The second kappa shape index (κ2) is 9.46. The predicted octanol–water partition coefficient (Wildman–Crippen LogP) is 4.98. The fourth-order valence-corrected chi connectivity index (χ4v) is 4.01. The number of imidazole rings is 1. The molecule has 9 heteroatoms. The first-order valence-electron chi connectivity index (χ1n) is 11.2. The zero-order chi connectivity index (χ0) is 25.2. The third-order valence-electron chi connectivity index (χ3n) is 5.82. The van der Waals surface area contributed by atoms with E-state index in [1.165, 1.54) is 25.6 Å². The third-order valence-corrected chi connectivity index (χ3v) is 5.82. The number of halogens is 1. The Hall–Kier alpha value is -4.79. The number of methoxy groups -OCH3 is 1. The van der Waals surface area contributed by atoms with Crippen LogP contribution in [0, 0.1) is 12.7 Å². The smallest absolute Gasteiger partial charge is 0.255 e. The Morgan fingerprint density at radius 2 is 1.83 bits per heavy atom. The molecule has 5 aromatic rings. The predicted molar refractivity (Wildman–Crippen MR) is 135 cm³/mol. The van der Waals surface area contributed by atoms with E-state index in [2.05, 4.69) is 27.0 Å². The Bertz CT molecular complexity index is 1570. The highest BCUT2D eigenvalue weighted by Crippen LogP contribution is 2.23. The van der Waals surface area contributed by atoms with Gasteiger partial charge >= 0.3 is 0 Å². The number of carbonyl (C=O) groups excluding carboxylic acids is 1. The molecule has 5 rings (SSSR count). The first-order chi connectivity index (χ1) is 17.4. The van der Waals surface area contributed by atoms with Gasteiger partial charge < -0.3 is 10.1 Å². The van der Waals surface area contributed by atoms with Crippen LogP contribution in [-0.2, 0) is 11.3 Å². The highest BCUT2D eigenvalue weighted by atomic mass is 19.1. The van der Waals surface area contributed by atoms with E-state index in [1.807, 2.05) is 41.8 Å². The molecule has 1 amide bonds. The number of anilines is 1. The van der Waals surface area contributed by atoms with E-state index in [0.29, 0.717) is 29.4 Å². The van der Waals surface area contributed by atoms with Crippen LogP contribution in [0.2, 0.25) is 0 Å². The van der Waals surface area contributed by atoms with Crippen molar-refractivity contribution in [2.24, 2.45) is 0 Å². The summed E-state index contributed by atoms with van der Waals surface area (Å²) in [5.74, 6) is 1.18. The Morgan fingerprint density at radius 1 is 1.08 bits per heavy atom. The second-order valence-electron chi connectivity index (χ2n) is 8.19. The minimum Gasteiger partial charge on any atom is -0.493 e. The van der Waals surface area contributed by atoms with Crippen molar-refractivity contribution in [3.8, 4) is 5.69 Å². The number of nitrogens with zero attached hydrogens (tertiary/aromatic N) is 5. The van der Waals surface area contributed by atoms with Crippen LogP contribution in [0.4, 0.5) is 10.1 Å². The standard InChI is InChI=1S/C27H23FN6O2/c1-17(36-3)26-29-16-30-33(26)15-19-4-9-22(10-5-19)32-27(35)20-6-13-24-25(14-20)34(18(2)31-24)23-11-7-21(28)8-12-23/h4-14,16H,1,15H2,2-3H3,(H,32,35). The molecule has 0 radical (unpaired) electrons. The number of benzene rings is 3. The summed E-state index contributed by atoms with van der Waals surface area (Å²) in [5.41, 5.74) is 4.41. The molecule has 0 atom stereocenters. The topological polar surface area (TPSA) is 86.9 Å². The van der Waals surface area contributed by atoms with Crippen molar-refractivity contribution in [2.45, 2.75) is 13.5 Å². The molecule has 0 spiro atoms. The lowest BCUT2D eigenvalue weighted by Gasteiger charge is -2.10. The molecule has 0 fully saturated rings. The van der Waals surface area contributed by atoms with Crippen molar-refractivity contribution in [1.29, 1.82) is 0 Å². The number of rotatable bonds is 7. The zero-order valence-corrected chi connectivity index (χ0v) is 19.8. The van der Waals surface area contributed by atoms with E-state index in [9.17, 15) is 9.18 Å². The summed E-state index contributed by atoms with van der Waals surface area (Å²) in [5, 5.41) is 7.15. The van der Waals surface area contributed by atoms with Crippen LogP contribution >= 0.6 is 0 Å². The molecule has 2 heterocycles. The summed E-state index contributed by atoms with van der Waals surface area (Å²) in [6, 6.07) is 19.0. The van der Waals surface area contributed by atoms with Gasteiger partial charge in [-0.05, 0) is 67.1 Å². The second-order valence-corrected chi connectivity index (χ2v) is 8.19. The van der Waals surface area contributed by atoms with E-state index >= 15 is 0 Å². The first kappa shape index (κ1) is 23.0. The number of nitrogens with one attached hydrogen (secondary N) is 1. The van der Waals surface area contributed by atoms with E-state index in [-0.39, 0.29) is 11.7 Å². The fourth-order valence-electron chi connectivity index (χ4n) is 4.01. The van der Waals surface area contributed by atoms with Gasteiger partial charge in [-0.2, -0.15) is 5.10 Å². The van der Waals surface area contributed by atoms with Crippen molar-refractivity contribution >= 4 is 28.4 Å². The molecule has 0 bridgehead atoms. The molecule has 2 aromatic heterocycles. The number of aryl methyl sites for hydroxylation is 1. The number of amides is 1. The molecule has 0 aliphatic carbocycles. The average molecular weight is 483 g/mol. The normalized spacial score (nSPS) is 11.0. The first-order valence-corrected chi connectivity index (χ1v) is 11.2. The maximum Gasteiger partial charge on any atom is 0.255 e. The van der Waals surface area contributed by atoms with Crippen molar-refractivity contribution < 1.29 is 13.9 Å². The Morgan fingerprint density at radius 3 is 2.56 bits per heavy atom. The number of hydrogen-bond donors (Lipinski definition) is 1. The van der Waals surface area contributed by atoms with Gasteiger partial charge in [-0.25, -0.2) is 19.0 Å². The molecular weight excluding hydrogens is 459 g/mol. The lowest BCUT2D eigenvalue weighted by molar-refractivity contribution is 0.102. The molecule has 8 nitrogen and oxygen atoms in total.